The lowest BCUT2D eigenvalue weighted by Gasteiger charge is -2.26. The van der Waals surface area contributed by atoms with Crippen LogP contribution in [0.3, 0.4) is 0 Å². The van der Waals surface area contributed by atoms with Crippen LogP contribution in [0.5, 0.6) is 11.5 Å². The van der Waals surface area contributed by atoms with Gasteiger partial charge in [-0.1, -0.05) is 42.5 Å². The molecule has 5 nitrogen and oxygen atoms in total. The predicted octanol–water partition coefficient (Wildman–Crippen LogP) is 4.86. The number of ether oxygens (including phenoxy) is 2. The van der Waals surface area contributed by atoms with Crippen molar-refractivity contribution in [3.8, 4) is 11.5 Å². The molecule has 0 saturated carbocycles. The third-order valence-corrected chi connectivity index (χ3v) is 5.71. The zero-order chi connectivity index (χ0) is 18.8. The topological polar surface area (TPSA) is 56.3 Å². The van der Waals surface area contributed by atoms with Gasteiger partial charge in [-0.15, -0.1) is 11.3 Å². The Morgan fingerprint density at radius 3 is 2.71 bits per heavy atom. The summed E-state index contributed by atoms with van der Waals surface area (Å²) in [5.41, 5.74) is 2.36. The summed E-state index contributed by atoms with van der Waals surface area (Å²) in [6.07, 6.45) is 2.37. The van der Waals surface area contributed by atoms with Crippen LogP contribution in [0.15, 0.2) is 66.3 Å². The van der Waals surface area contributed by atoms with Gasteiger partial charge in [0.2, 0.25) is 0 Å². The molecule has 1 aliphatic heterocycles. The van der Waals surface area contributed by atoms with Crippen molar-refractivity contribution in [1.29, 1.82) is 0 Å². The van der Waals surface area contributed by atoms with Crippen LogP contribution in [0.4, 0.5) is 5.82 Å². The Balaban J connectivity index is 1.40. The molecule has 2 aromatic heterocycles. The van der Waals surface area contributed by atoms with Crippen molar-refractivity contribution in [3.63, 3.8) is 0 Å². The molecule has 0 bridgehead atoms. The third-order valence-electron chi connectivity index (χ3n) is 4.80. The number of fused-ring (bicyclic) bond motifs is 2. The fourth-order valence-electron chi connectivity index (χ4n) is 3.41. The Morgan fingerprint density at radius 1 is 1.00 bits per heavy atom. The van der Waals surface area contributed by atoms with Crippen LogP contribution >= 0.6 is 11.3 Å². The molecule has 140 valence electrons. The summed E-state index contributed by atoms with van der Waals surface area (Å²) in [6.45, 7) is 1.28. The quantitative estimate of drug-likeness (QED) is 0.528. The van der Waals surface area contributed by atoms with Gasteiger partial charge in [0.15, 0.2) is 17.6 Å². The molecule has 6 heteroatoms. The molecule has 0 radical (unpaired) electrons. The van der Waals surface area contributed by atoms with E-state index < -0.39 is 0 Å². The second kappa shape index (κ2) is 7.48. The van der Waals surface area contributed by atoms with E-state index in [9.17, 15) is 0 Å². The van der Waals surface area contributed by atoms with Crippen LogP contribution in [0.25, 0.3) is 10.2 Å². The molecule has 0 amide bonds. The number of benzene rings is 2. The van der Waals surface area contributed by atoms with E-state index in [4.69, 9.17) is 9.47 Å². The highest BCUT2D eigenvalue weighted by Crippen LogP contribution is 2.40. The van der Waals surface area contributed by atoms with Crippen molar-refractivity contribution in [2.24, 2.45) is 0 Å². The minimum atomic E-state index is -0.177. The average Bonchev–Trinajstić information content (AvgIpc) is 3.19. The first kappa shape index (κ1) is 17.0. The molecule has 2 aromatic carbocycles. The van der Waals surface area contributed by atoms with Crippen LogP contribution in [-0.4, -0.2) is 23.1 Å². The van der Waals surface area contributed by atoms with Crippen LogP contribution in [0.2, 0.25) is 0 Å². The van der Waals surface area contributed by atoms with Crippen molar-refractivity contribution in [1.82, 2.24) is 9.97 Å². The van der Waals surface area contributed by atoms with Crippen LogP contribution in [0, 0.1) is 0 Å². The number of nitrogens with one attached hydrogen (secondary N) is 1. The lowest BCUT2D eigenvalue weighted by Crippen LogP contribution is -2.21. The Labute approximate surface area is 167 Å². The van der Waals surface area contributed by atoms with E-state index in [0.29, 0.717) is 6.61 Å². The third kappa shape index (κ3) is 3.27. The molecule has 0 unspecified atom stereocenters. The molecule has 0 aliphatic carbocycles. The van der Waals surface area contributed by atoms with Crippen molar-refractivity contribution < 1.29 is 9.47 Å². The lowest BCUT2D eigenvalue weighted by molar-refractivity contribution is 0.0925. The summed E-state index contributed by atoms with van der Waals surface area (Å²) in [5, 5.41) is 6.60. The normalized spacial score (nSPS) is 15.5. The average molecular weight is 389 g/mol. The van der Waals surface area contributed by atoms with Crippen LogP contribution < -0.4 is 14.8 Å². The standard InChI is InChI=1S/C22H19N3O2S/c1-2-6-15(7-3-1)10-11-23-21-20-16(13-28-22(20)25-14-24-21)19-12-26-17-8-4-5-9-18(17)27-19/h1-9,13-14,19H,10-12H2,(H,23,24,25)/t19-/m0/s1. The maximum absolute atomic E-state index is 6.21. The van der Waals surface area contributed by atoms with Crippen LogP contribution in [-0.2, 0) is 6.42 Å². The van der Waals surface area contributed by atoms with Gasteiger partial charge in [0.1, 0.15) is 23.6 Å². The molecule has 1 N–H and O–H groups in total. The second-order valence-electron chi connectivity index (χ2n) is 6.62. The first-order valence-electron chi connectivity index (χ1n) is 9.27. The number of thiophene rings is 1. The second-order valence-corrected chi connectivity index (χ2v) is 7.48. The molecule has 5 rings (SSSR count). The first-order valence-corrected chi connectivity index (χ1v) is 10.1. The van der Waals surface area contributed by atoms with Gasteiger partial charge in [0.25, 0.3) is 0 Å². The molecular formula is C22H19N3O2S. The van der Waals surface area contributed by atoms with E-state index in [1.165, 1.54) is 5.56 Å². The number of hydrogen-bond donors (Lipinski definition) is 1. The van der Waals surface area contributed by atoms with E-state index in [1.807, 2.05) is 30.3 Å². The number of para-hydroxylation sites is 2. The highest BCUT2D eigenvalue weighted by atomic mass is 32.1. The molecule has 0 spiro atoms. The summed E-state index contributed by atoms with van der Waals surface area (Å²) in [4.78, 5) is 9.89. The van der Waals surface area contributed by atoms with E-state index in [-0.39, 0.29) is 6.10 Å². The number of anilines is 1. The van der Waals surface area contributed by atoms with Gasteiger partial charge in [-0.3, -0.25) is 0 Å². The van der Waals surface area contributed by atoms with Crippen molar-refractivity contribution in [2.45, 2.75) is 12.5 Å². The van der Waals surface area contributed by atoms with Crippen molar-refractivity contribution in [2.75, 3.05) is 18.5 Å². The predicted molar refractivity (Wildman–Crippen MR) is 111 cm³/mol. The van der Waals surface area contributed by atoms with E-state index in [0.717, 1.165) is 46.1 Å². The summed E-state index contributed by atoms with van der Waals surface area (Å²) >= 11 is 1.61. The number of hydrogen-bond acceptors (Lipinski definition) is 6. The zero-order valence-electron chi connectivity index (χ0n) is 15.2. The number of rotatable bonds is 5. The minimum Gasteiger partial charge on any atom is -0.485 e. The Morgan fingerprint density at radius 2 is 1.82 bits per heavy atom. The molecule has 28 heavy (non-hydrogen) atoms. The van der Waals surface area contributed by atoms with Gasteiger partial charge in [-0.25, -0.2) is 9.97 Å². The van der Waals surface area contributed by atoms with E-state index in [2.05, 4.69) is 44.9 Å². The largest absolute Gasteiger partial charge is 0.485 e. The summed E-state index contributed by atoms with van der Waals surface area (Å²) in [7, 11) is 0. The van der Waals surface area contributed by atoms with Crippen LogP contribution in [0.1, 0.15) is 17.2 Å². The van der Waals surface area contributed by atoms with E-state index >= 15 is 0 Å². The van der Waals surface area contributed by atoms with Gasteiger partial charge in [-0.2, -0.15) is 0 Å². The Bertz CT molecular complexity index is 1100. The maximum atomic E-state index is 6.21. The van der Waals surface area contributed by atoms with Crippen molar-refractivity contribution in [3.05, 3.63) is 77.4 Å². The smallest absolute Gasteiger partial charge is 0.162 e. The zero-order valence-corrected chi connectivity index (χ0v) is 16.0. The van der Waals surface area contributed by atoms with Gasteiger partial charge in [0.05, 0.1) is 5.39 Å². The summed E-state index contributed by atoms with van der Waals surface area (Å²) in [5.74, 6) is 2.41. The molecule has 0 saturated heterocycles. The van der Waals surface area contributed by atoms with Gasteiger partial charge < -0.3 is 14.8 Å². The Hall–Kier alpha value is -3.12. The lowest BCUT2D eigenvalue weighted by atomic mass is 10.1. The summed E-state index contributed by atoms with van der Waals surface area (Å²) in [6, 6.07) is 18.2. The fourth-order valence-corrected chi connectivity index (χ4v) is 4.36. The van der Waals surface area contributed by atoms with E-state index in [1.54, 1.807) is 17.7 Å². The molecule has 4 aromatic rings. The highest BCUT2D eigenvalue weighted by molar-refractivity contribution is 7.17. The number of aromatic nitrogens is 2. The first-order chi connectivity index (χ1) is 13.9. The maximum Gasteiger partial charge on any atom is 0.162 e. The van der Waals surface area contributed by atoms with Crippen molar-refractivity contribution >= 4 is 27.4 Å². The van der Waals surface area contributed by atoms with Gasteiger partial charge in [0, 0.05) is 17.5 Å². The fraction of sp³-hybridized carbons (Fsp3) is 0.182. The Kier molecular flexibility index (Phi) is 4.54. The highest BCUT2D eigenvalue weighted by Gasteiger charge is 2.26. The minimum absolute atomic E-state index is 0.177. The molecule has 0 fully saturated rings. The molecular weight excluding hydrogens is 370 g/mol. The molecule has 1 atom stereocenters. The number of nitrogens with zero attached hydrogens (tertiary/aromatic N) is 2. The molecule has 3 heterocycles. The monoisotopic (exact) mass is 389 g/mol. The SMILES string of the molecule is c1ccc(CCNc2ncnc3scc([C@@H]4COc5ccccc5O4)c23)cc1. The van der Waals surface area contributed by atoms with Gasteiger partial charge >= 0.3 is 0 Å². The summed E-state index contributed by atoms with van der Waals surface area (Å²) < 4.78 is 12.1. The molecule has 1 aliphatic rings. The van der Waals surface area contributed by atoms with Gasteiger partial charge in [-0.05, 0) is 24.1 Å².